The molecule has 1 aliphatic heterocycles. The standard InChI is InChI=1S/C11H24O5Si/c1-12-8-7-15-11(16-17(4,5)6)10(14-3)9(8)13-2/h8-11H,7H2,1-6H3/t8-,9+,10+,11?/m1/s1. The fourth-order valence-electron chi connectivity index (χ4n) is 1.93. The van der Waals surface area contributed by atoms with Gasteiger partial charge in [-0.3, -0.25) is 0 Å². The van der Waals surface area contributed by atoms with Gasteiger partial charge >= 0.3 is 0 Å². The van der Waals surface area contributed by atoms with E-state index in [2.05, 4.69) is 19.6 Å². The van der Waals surface area contributed by atoms with Gasteiger partial charge < -0.3 is 23.4 Å². The van der Waals surface area contributed by atoms with E-state index in [1.165, 1.54) is 0 Å². The first kappa shape index (κ1) is 15.1. The fourth-order valence-corrected chi connectivity index (χ4v) is 2.83. The van der Waals surface area contributed by atoms with Gasteiger partial charge in [0.25, 0.3) is 0 Å². The number of hydrogen-bond donors (Lipinski definition) is 0. The van der Waals surface area contributed by atoms with Gasteiger partial charge in [-0.25, -0.2) is 0 Å². The van der Waals surface area contributed by atoms with Gasteiger partial charge in [0.2, 0.25) is 0 Å². The van der Waals surface area contributed by atoms with Crippen LogP contribution in [0.2, 0.25) is 19.6 Å². The average Bonchev–Trinajstić information content (AvgIpc) is 2.26. The molecule has 1 rings (SSSR count). The molecule has 0 spiro atoms. The Morgan fingerprint density at radius 2 is 1.53 bits per heavy atom. The van der Waals surface area contributed by atoms with Crippen LogP contribution in [-0.2, 0) is 23.4 Å². The van der Waals surface area contributed by atoms with Crippen LogP contribution in [-0.4, -0.2) is 60.9 Å². The van der Waals surface area contributed by atoms with E-state index >= 15 is 0 Å². The molecule has 0 bridgehead atoms. The van der Waals surface area contributed by atoms with Gasteiger partial charge in [-0.15, -0.1) is 0 Å². The molecule has 0 radical (unpaired) electrons. The minimum Gasteiger partial charge on any atom is -0.391 e. The number of hydrogen-bond acceptors (Lipinski definition) is 5. The molecule has 1 heterocycles. The lowest BCUT2D eigenvalue weighted by Gasteiger charge is -2.42. The van der Waals surface area contributed by atoms with Crippen molar-refractivity contribution in [1.29, 1.82) is 0 Å². The molecular formula is C11H24O5Si. The predicted molar refractivity (Wildman–Crippen MR) is 66.6 cm³/mol. The quantitative estimate of drug-likeness (QED) is 0.699. The van der Waals surface area contributed by atoms with E-state index in [9.17, 15) is 0 Å². The van der Waals surface area contributed by atoms with Crippen molar-refractivity contribution in [3.8, 4) is 0 Å². The van der Waals surface area contributed by atoms with Gasteiger partial charge in [0.05, 0.1) is 6.61 Å². The Morgan fingerprint density at radius 3 is 1.94 bits per heavy atom. The monoisotopic (exact) mass is 264 g/mol. The van der Waals surface area contributed by atoms with Gasteiger partial charge in [0.15, 0.2) is 14.6 Å². The lowest BCUT2D eigenvalue weighted by Crippen LogP contribution is -2.57. The first-order valence-corrected chi connectivity index (χ1v) is 9.21. The lowest BCUT2D eigenvalue weighted by molar-refractivity contribution is -0.261. The number of ether oxygens (including phenoxy) is 4. The molecule has 0 aliphatic carbocycles. The van der Waals surface area contributed by atoms with E-state index in [4.69, 9.17) is 23.4 Å². The maximum absolute atomic E-state index is 5.96. The van der Waals surface area contributed by atoms with Crippen LogP contribution in [0.1, 0.15) is 0 Å². The maximum Gasteiger partial charge on any atom is 0.187 e. The van der Waals surface area contributed by atoms with Crippen molar-refractivity contribution in [3.05, 3.63) is 0 Å². The molecule has 0 N–H and O–H groups in total. The van der Waals surface area contributed by atoms with Crippen molar-refractivity contribution >= 4 is 8.32 Å². The van der Waals surface area contributed by atoms with Crippen molar-refractivity contribution < 1.29 is 23.4 Å². The Bertz CT molecular complexity index is 230. The van der Waals surface area contributed by atoms with Crippen LogP contribution in [0.4, 0.5) is 0 Å². The second-order valence-corrected chi connectivity index (χ2v) is 9.57. The third kappa shape index (κ3) is 4.01. The summed E-state index contributed by atoms with van der Waals surface area (Å²) in [6.07, 6.45) is -0.917. The molecule has 1 saturated heterocycles. The smallest absolute Gasteiger partial charge is 0.187 e. The van der Waals surface area contributed by atoms with E-state index in [1.54, 1.807) is 21.3 Å². The third-order valence-corrected chi connectivity index (χ3v) is 3.64. The highest BCUT2D eigenvalue weighted by Gasteiger charge is 2.43. The topological polar surface area (TPSA) is 46.2 Å². The van der Waals surface area contributed by atoms with Gasteiger partial charge in [0, 0.05) is 21.3 Å². The molecule has 0 amide bonds. The van der Waals surface area contributed by atoms with Crippen LogP contribution in [0.3, 0.4) is 0 Å². The normalized spacial score (nSPS) is 34.9. The van der Waals surface area contributed by atoms with Crippen LogP contribution in [0, 0.1) is 0 Å². The molecule has 5 nitrogen and oxygen atoms in total. The zero-order valence-corrected chi connectivity index (χ0v) is 12.6. The van der Waals surface area contributed by atoms with Crippen LogP contribution in [0.25, 0.3) is 0 Å². The second kappa shape index (κ2) is 6.26. The number of methoxy groups -OCH3 is 3. The summed E-state index contributed by atoms with van der Waals surface area (Å²) in [4.78, 5) is 0. The Hall–Kier alpha value is 0.0169. The molecule has 0 aromatic carbocycles. The minimum absolute atomic E-state index is 0.119. The molecule has 1 fully saturated rings. The summed E-state index contributed by atoms with van der Waals surface area (Å²) in [6.45, 7) is 6.82. The lowest BCUT2D eigenvalue weighted by atomic mass is 10.1. The first-order valence-electron chi connectivity index (χ1n) is 5.80. The van der Waals surface area contributed by atoms with Crippen LogP contribution >= 0.6 is 0 Å². The van der Waals surface area contributed by atoms with Crippen LogP contribution in [0.5, 0.6) is 0 Å². The van der Waals surface area contributed by atoms with Crippen molar-refractivity contribution in [2.45, 2.75) is 44.2 Å². The zero-order chi connectivity index (χ0) is 13.1. The van der Waals surface area contributed by atoms with Crippen LogP contribution in [0.15, 0.2) is 0 Å². The summed E-state index contributed by atoms with van der Waals surface area (Å²) in [6, 6.07) is 0. The summed E-state index contributed by atoms with van der Waals surface area (Å²) < 4.78 is 27.9. The van der Waals surface area contributed by atoms with E-state index in [0.29, 0.717) is 6.61 Å². The van der Waals surface area contributed by atoms with Gasteiger partial charge in [-0.2, -0.15) is 0 Å². The SMILES string of the molecule is CO[C@@H]1[C@H](OC)C(O[Si](C)(C)C)OC[C@H]1OC. The highest BCUT2D eigenvalue weighted by molar-refractivity contribution is 6.69. The molecule has 0 saturated carbocycles. The molecule has 0 aromatic heterocycles. The first-order chi connectivity index (χ1) is 7.92. The molecule has 6 heteroatoms. The highest BCUT2D eigenvalue weighted by atomic mass is 28.4. The predicted octanol–water partition coefficient (Wildman–Crippen LogP) is 1.24. The molecule has 0 aromatic rings. The molecule has 1 unspecified atom stereocenters. The Balaban J connectivity index is 2.73. The maximum atomic E-state index is 5.96. The Morgan fingerprint density at radius 1 is 0.941 bits per heavy atom. The molecular weight excluding hydrogens is 240 g/mol. The summed E-state index contributed by atoms with van der Waals surface area (Å²) in [5.74, 6) is 0. The van der Waals surface area contributed by atoms with Crippen molar-refractivity contribution in [3.63, 3.8) is 0 Å². The zero-order valence-electron chi connectivity index (χ0n) is 11.6. The van der Waals surface area contributed by atoms with Gasteiger partial charge in [-0.1, -0.05) is 0 Å². The van der Waals surface area contributed by atoms with E-state index in [0.717, 1.165) is 0 Å². The van der Waals surface area contributed by atoms with E-state index < -0.39 is 8.32 Å². The Labute approximate surface area is 104 Å². The van der Waals surface area contributed by atoms with E-state index in [-0.39, 0.29) is 24.6 Å². The average molecular weight is 264 g/mol. The molecule has 102 valence electrons. The number of rotatable bonds is 5. The Kier molecular flexibility index (Phi) is 5.55. The van der Waals surface area contributed by atoms with Crippen LogP contribution < -0.4 is 0 Å². The van der Waals surface area contributed by atoms with Gasteiger partial charge in [-0.05, 0) is 19.6 Å². The van der Waals surface area contributed by atoms with Gasteiger partial charge in [0.1, 0.15) is 18.3 Å². The second-order valence-electron chi connectivity index (χ2n) is 5.11. The van der Waals surface area contributed by atoms with E-state index in [1.807, 2.05) is 0 Å². The highest BCUT2D eigenvalue weighted by Crippen LogP contribution is 2.25. The molecule has 17 heavy (non-hydrogen) atoms. The summed E-state index contributed by atoms with van der Waals surface area (Å²) in [5, 5.41) is 0. The van der Waals surface area contributed by atoms with Crippen molar-refractivity contribution in [2.24, 2.45) is 0 Å². The minimum atomic E-state index is -1.68. The van der Waals surface area contributed by atoms with Crippen molar-refractivity contribution in [1.82, 2.24) is 0 Å². The summed E-state index contributed by atoms with van der Waals surface area (Å²) >= 11 is 0. The summed E-state index contributed by atoms with van der Waals surface area (Å²) in [7, 11) is 3.26. The third-order valence-electron chi connectivity index (χ3n) is 2.70. The largest absolute Gasteiger partial charge is 0.391 e. The molecule has 4 atom stereocenters. The molecule has 1 aliphatic rings. The summed E-state index contributed by atoms with van der Waals surface area (Å²) in [5.41, 5.74) is 0. The van der Waals surface area contributed by atoms with Crippen molar-refractivity contribution in [2.75, 3.05) is 27.9 Å². The fraction of sp³-hybridized carbons (Fsp3) is 1.00.